The summed E-state index contributed by atoms with van der Waals surface area (Å²) in [5, 5.41) is 2.99. The second-order valence-electron chi connectivity index (χ2n) is 4.62. The first-order chi connectivity index (χ1) is 6.65. The highest BCUT2D eigenvalue weighted by molar-refractivity contribution is 5.78. The molecule has 4 nitrogen and oxygen atoms in total. The van der Waals surface area contributed by atoms with E-state index < -0.39 is 0 Å². The van der Waals surface area contributed by atoms with Gasteiger partial charge in [-0.2, -0.15) is 0 Å². The Labute approximate surface area is 84.8 Å². The van der Waals surface area contributed by atoms with E-state index in [0.717, 1.165) is 25.8 Å². The van der Waals surface area contributed by atoms with Crippen LogP contribution in [0.25, 0.3) is 0 Å². The van der Waals surface area contributed by atoms with Crippen LogP contribution >= 0.6 is 0 Å². The van der Waals surface area contributed by atoms with E-state index in [0.29, 0.717) is 18.6 Å². The van der Waals surface area contributed by atoms with Crippen molar-refractivity contribution < 1.29 is 4.79 Å². The molecule has 0 aromatic carbocycles. The molecule has 2 atom stereocenters. The zero-order valence-corrected chi connectivity index (χ0v) is 8.70. The van der Waals surface area contributed by atoms with Crippen LogP contribution in [0.5, 0.6) is 0 Å². The lowest BCUT2D eigenvalue weighted by molar-refractivity contribution is -0.122. The molecule has 1 saturated heterocycles. The third kappa shape index (κ3) is 2.45. The number of amides is 1. The lowest BCUT2D eigenvalue weighted by Gasteiger charge is -2.19. The van der Waals surface area contributed by atoms with E-state index in [2.05, 4.69) is 17.1 Å². The summed E-state index contributed by atoms with van der Waals surface area (Å²) in [7, 11) is 0. The summed E-state index contributed by atoms with van der Waals surface area (Å²) in [6.07, 6.45) is 3.32. The minimum Gasteiger partial charge on any atom is -0.352 e. The maximum absolute atomic E-state index is 11.5. The van der Waals surface area contributed by atoms with Gasteiger partial charge in [-0.1, -0.05) is 0 Å². The fourth-order valence-corrected chi connectivity index (χ4v) is 2.05. The normalized spacial score (nSPS) is 33.3. The highest BCUT2D eigenvalue weighted by atomic mass is 16.2. The Bertz CT molecular complexity index is 227. The molecule has 0 aromatic rings. The van der Waals surface area contributed by atoms with Crippen molar-refractivity contribution in [3.63, 3.8) is 0 Å². The first-order valence-electron chi connectivity index (χ1n) is 5.44. The van der Waals surface area contributed by atoms with E-state index in [9.17, 15) is 4.79 Å². The first-order valence-corrected chi connectivity index (χ1v) is 5.44. The predicted molar refractivity (Wildman–Crippen MR) is 54.8 cm³/mol. The molecule has 2 fully saturated rings. The molecule has 0 spiro atoms. The van der Waals surface area contributed by atoms with E-state index in [1.165, 1.54) is 0 Å². The van der Waals surface area contributed by atoms with Crippen LogP contribution in [-0.4, -0.2) is 42.0 Å². The number of likely N-dealkylation sites (tertiary alicyclic amines) is 1. The molecular weight excluding hydrogens is 178 g/mol. The highest BCUT2D eigenvalue weighted by Crippen LogP contribution is 2.19. The molecule has 4 heteroatoms. The third-order valence-corrected chi connectivity index (χ3v) is 3.03. The molecule has 2 unspecified atom stereocenters. The number of hydrogen-bond acceptors (Lipinski definition) is 3. The van der Waals surface area contributed by atoms with Gasteiger partial charge in [-0.3, -0.25) is 9.69 Å². The van der Waals surface area contributed by atoms with Gasteiger partial charge in [0, 0.05) is 24.7 Å². The highest BCUT2D eigenvalue weighted by Gasteiger charge is 2.29. The molecule has 0 aromatic heterocycles. The average molecular weight is 197 g/mol. The number of nitrogens with two attached hydrogens (primary N) is 1. The van der Waals surface area contributed by atoms with Crippen LogP contribution in [0.2, 0.25) is 0 Å². The minimum absolute atomic E-state index is 0.161. The van der Waals surface area contributed by atoms with Crippen molar-refractivity contribution in [2.24, 2.45) is 5.73 Å². The third-order valence-electron chi connectivity index (χ3n) is 3.03. The number of rotatable bonds is 3. The van der Waals surface area contributed by atoms with Gasteiger partial charge >= 0.3 is 0 Å². The number of hydrogen-bond donors (Lipinski definition) is 2. The van der Waals surface area contributed by atoms with Gasteiger partial charge in [-0.05, 0) is 26.2 Å². The van der Waals surface area contributed by atoms with Gasteiger partial charge in [0.2, 0.25) is 5.91 Å². The number of nitrogens with zero attached hydrogens (tertiary/aromatic N) is 1. The molecule has 80 valence electrons. The van der Waals surface area contributed by atoms with Crippen molar-refractivity contribution in [2.45, 2.75) is 44.3 Å². The largest absolute Gasteiger partial charge is 0.352 e. The summed E-state index contributed by atoms with van der Waals surface area (Å²) in [4.78, 5) is 13.7. The van der Waals surface area contributed by atoms with Crippen molar-refractivity contribution in [3.05, 3.63) is 0 Å². The molecule has 1 heterocycles. The second-order valence-corrected chi connectivity index (χ2v) is 4.62. The smallest absolute Gasteiger partial charge is 0.234 e. The van der Waals surface area contributed by atoms with Gasteiger partial charge in [0.15, 0.2) is 0 Å². The molecule has 3 N–H and O–H groups in total. The Morgan fingerprint density at radius 3 is 2.79 bits per heavy atom. The van der Waals surface area contributed by atoms with Crippen molar-refractivity contribution >= 4 is 5.91 Å². The van der Waals surface area contributed by atoms with Gasteiger partial charge in [-0.15, -0.1) is 0 Å². The Kier molecular flexibility index (Phi) is 2.74. The van der Waals surface area contributed by atoms with Crippen LogP contribution in [-0.2, 0) is 4.79 Å². The monoisotopic (exact) mass is 197 g/mol. The van der Waals surface area contributed by atoms with Gasteiger partial charge in [0.05, 0.1) is 6.54 Å². The van der Waals surface area contributed by atoms with Crippen molar-refractivity contribution in [3.8, 4) is 0 Å². The SMILES string of the molecule is CC1CC(N)CN1CC(=O)NC1CC1. The summed E-state index contributed by atoms with van der Waals surface area (Å²) in [6.45, 7) is 3.52. The van der Waals surface area contributed by atoms with E-state index in [4.69, 9.17) is 5.73 Å². The van der Waals surface area contributed by atoms with E-state index in [1.807, 2.05) is 0 Å². The zero-order valence-electron chi connectivity index (χ0n) is 8.70. The minimum atomic E-state index is 0.161. The molecular formula is C10H19N3O. The summed E-state index contributed by atoms with van der Waals surface area (Å²) < 4.78 is 0. The van der Waals surface area contributed by atoms with Gasteiger partial charge < -0.3 is 11.1 Å². The first kappa shape index (κ1) is 9.93. The Balaban J connectivity index is 1.75. The second kappa shape index (κ2) is 3.87. The lowest BCUT2D eigenvalue weighted by Crippen LogP contribution is -2.40. The predicted octanol–water partition coefficient (Wildman–Crippen LogP) is -0.313. The lowest BCUT2D eigenvalue weighted by atomic mass is 10.2. The molecule has 1 aliphatic heterocycles. The van der Waals surface area contributed by atoms with Crippen molar-refractivity contribution in [1.29, 1.82) is 0 Å². The fourth-order valence-electron chi connectivity index (χ4n) is 2.05. The molecule has 2 aliphatic rings. The van der Waals surface area contributed by atoms with E-state index in [-0.39, 0.29) is 11.9 Å². The number of nitrogens with one attached hydrogen (secondary N) is 1. The standard InChI is InChI=1S/C10H19N3O/c1-7-4-8(11)5-13(7)6-10(14)12-9-2-3-9/h7-9H,2-6,11H2,1H3,(H,12,14). The average Bonchev–Trinajstić information content (AvgIpc) is 2.81. The molecule has 1 aliphatic carbocycles. The molecule has 0 radical (unpaired) electrons. The molecule has 1 amide bonds. The van der Waals surface area contributed by atoms with Crippen LogP contribution in [0.1, 0.15) is 26.2 Å². The van der Waals surface area contributed by atoms with Gasteiger partial charge in [-0.25, -0.2) is 0 Å². The Morgan fingerprint density at radius 1 is 1.57 bits per heavy atom. The summed E-state index contributed by atoms with van der Waals surface area (Å²) >= 11 is 0. The van der Waals surface area contributed by atoms with Crippen molar-refractivity contribution in [2.75, 3.05) is 13.1 Å². The zero-order chi connectivity index (χ0) is 10.1. The van der Waals surface area contributed by atoms with Crippen LogP contribution in [0.3, 0.4) is 0 Å². The molecule has 14 heavy (non-hydrogen) atoms. The van der Waals surface area contributed by atoms with E-state index >= 15 is 0 Å². The van der Waals surface area contributed by atoms with Crippen molar-refractivity contribution in [1.82, 2.24) is 10.2 Å². The maximum Gasteiger partial charge on any atom is 0.234 e. The topological polar surface area (TPSA) is 58.4 Å². The molecule has 0 bridgehead atoms. The Hall–Kier alpha value is -0.610. The Morgan fingerprint density at radius 2 is 2.29 bits per heavy atom. The molecule has 2 rings (SSSR count). The van der Waals surface area contributed by atoms with Crippen LogP contribution in [0.15, 0.2) is 0 Å². The fraction of sp³-hybridized carbons (Fsp3) is 0.900. The summed E-state index contributed by atoms with van der Waals surface area (Å²) in [5.74, 6) is 0.161. The number of carbonyl (C=O) groups excluding carboxylic acids is 1. The summed E-state index contributed by atoms with van der Waals surface area (Å²) in [5.41, 5.74) is 5.83. The van der Waals surface area contributed by atoms with Gasteiger partial charge in [0.1, 0.15) is 0 Å². The van der Waals surface area contributed by atoms with Crippen LogP contribution in [0.4, 0.5) is 0 Å². The summed E-state index contributed by atoms with van der Waals surface area (Å²) in [6, 6.07) is 1.17. The van der Waals surface area contributed by atoms with E-state index in [1.54, 1.807) is 0 Å². The van der Waals surface area contributed by atoms with Gasteiger partial charge in [0.25, 0.3) is 0 Å². The molecule has 1 saturated carbocycles. The maximum atomic E-state index is 11.5. The van der Waals surface area contributed by atoms with Crippen LogP contribution in [0, 0.1) is 0 Å². The quantitative estimate of drug-likeness (QED) is 0.652. The number of carbonyl (C=O) groups is 1. The van der Waals surface area contributed by atoms with Crippen LogP contribution < -0.4 is 11.1 Å².